The Balaban J connectivity index is 1.94. The van der Waals surface area contributed by atoms with Crippen LogP contribution in [0.1, 0.15) is 5.56 Å². The number of aliphatic hydroxyl groups excluding tert-OH is 2. The standard InChI is InChI=1S/C13H18N2O4/c14-10(5-8-1-3-9(16)4-2-8)13(19)15-6-11(17)12(18)7-15/h1-4,10-12,16-18H,5-7,14H2/t10?,11-,12+. The van der Waals surface area contributed by atoms with Gasteiger partial charge in [0.2, 0.25) is 5.91 Å². The highest BCUT2D eigenvalue weighted by atomic mass is 16.3. The van der Waals surface area contributed by atoms with Crippen LogP contribution in [0, 0.1) is 0 Å². The van der Waals surface area contributed by atoms with Crippen molar-refractivity contribution in [2.75, 3.05) is 13.1 Å². The molecule has 19 heavy (non-hydrogen) atoms. The summed E-state index contributed by atoms with van der Waals surface area (Å²) in [6.45, 7) is 0.229. The molecule has 6 nitrogen and oxygen atoms in total. The van der Waals surface area contributed by atoms with E-state index in [0.717, 1.165) is 5.56 Å². The molecule has 0 radical (unpaired) electrons. The van der Waals surface area contributed by atoms with Gasteiger partial charge in [0.15, 0.2) is 0 Å². The summed E-state index contributed by atoms with van der Waals surface area (Å²) in [5.74, 6) is -0.127. The van der Waals surface area contributed by atoms with E-state index in [2.05, 4.69) is 0 Å². The minimum atomic E-state index is -0.898. The Morgan fingerprint density at radius 1 is 1.26 bits per heavy atom. The lowest BCUT2D eigenvalue weighted by Crippen LogP contribution is -2.44. The Bertz CT molecular complexity index is 438. The first-order chi connectivity index (χ1) is 8.97. The molecule has 1 aromatic rings. The fourth-order valence-electron chi connectivity index (χ4n) is 2.16. The second kappa shape index (κ2) is 5.56. The van der Waals surface area contributed by atoms with Crippen LogP contribution in [0.25, 0.3) is 0 Å². The molecule has 0 spiro atoms. The Labute approximate surface area is 111 Å². The Hall–Kier alpha value is -1.63. The molecule has 5 N–H and O–H groups in total. The topological polar surface area (TPSA) is 107 Å². The van der Waals surface area contributed by atoms with Gasteiger partial charge in [-0.1, -0.05) is 12.1 Å². The molecule has 3 atom stereocenters. The third kappa shape index (κ3) is 3.23. The smallest absolute Gasteiger partial charge is 0.240 e. The molecule has 2 rings (SSSR count). The second-order valence-electron chi connectivity index (χ2n) is 4.85. The number of carbonyl (C=O) groups excluding carboxylic acids is 1. The van der Waals surface area contributed by atoms with E-state index in [1.54, 1.807) is 12.1 Å². The zero-order valence-electron chi connectivity index (χ0n) is 10.4. The van der Waals surface area contributed by atoms with Crippen LogP contribution in [0.5, 0.6) is 5.75 Å². The van der Waals surface area contributed by atoms with Crippen LogP contribution in [0.3, 0.4) is 0 Å². The summed E-state index contributed by atoms with van der Waals surface area (Å²) in [6, 6.07) is 5.76. The number of phenolic OH excluding ortho intramolecular Hbond substituents is 1. The SMILES string of the molecule is NC(Cc1ccc(O)cc1)C(=O)N1C[C@@H](O)[C@@H](O)C1. The van der Waals surface area contributed by atoms with Gasteiger partial charge in [-0.05, 0) is 24.1 Å². The maximum Gasteiger partial charge on any atom is 0.240 e. The molecule has 0 aromatic heterocycles. The van der Waals surface area contributed by atoms with E-state index in [1.165, 1.54) is 17.0 Å². The van der Waals surface area contributed by atoms with E-state index in [0.29, 0.717) is 6.42 Å². The molecular formula is C13H18N2O4. The number of benzene rings is 1. The molecule has 1 aromatic carbocycles. The third-order valence-corrected chi connectivity index (χ3v) is 3.28. The minimum absolute atomic E-state index is 0.114. The van der Waals surface area contributed by atoms with Crippen molar-refractivity contribution in [2.24, 2.45) is 5.73 Å². The number of amides is 1. The highest BCUT2D eigenvalue weighted by Gasteiger charge is 2.34. The van der Waals surface area contributed by atoms with Crippen LogP contribution >= 0.6 is 0 Å². The van der Waals surface area contributed by atoms with E-state index in [4.69, 9.17) is 10.8 Å². The number of likely N-dealkylation sites (tertiary alicyclic amines) is 1. The summed E-state index contributed by atoms with van der Waals surface area (Å²) < 4.78 is 0. The summed E-state index contributed by atoms with van der Waals surface area (Å²) in [7, 11) is 0. The van der Waals surface area contributed by atoms with Crippen LogP contribution in [0.4, 0.5) is 0 Å². The van der Waals surface area contributed by atoms with Crippen molar-refractivity contribution in [1.82, 2.24) is 4.90 Å². The molecule has 1 saturated heterocycles. The average Bonchev–Trinajstić information content (AvgIpc) is 2.71. The van der Waals surface area contributed by atoms with E-state index in [1.807, 2.05) is 0 Å². The van der Waals surface area contributed by atoms with Crippen LogP contribution < -0.4 is 5.73 Å². The van der Waals surface area contributed by atoms with Crippen LogP contribution in [0.15, 0.2) is 24.3 Å². The first-order valence-corrected chi connectivity index (χ1v) is 6.16. The normalized spacial score (nSPS) is 24.5. The molecule has 6 heteroatoms. The monoisotopic (exact) mass is 266 g/mol. The quantitative estimate of drug-likeness (QED) is 0.551. The van der Waals surface area contributed by atoms with E-state index < -0.39 is 18.2 Å². The maximum atomic E-state index is 12.0. The molecule has 104 valence electrons. The van der Waals surface area contributed by atoms with Gasteiger partial charge in [-0.15, -0.1) is 0 Å². The minimum Gasteiger partial charge on any atom is -0.508 e. The summed E-state index contributed by atoms with van der Waals surface area (Å²) in [5, 5.41) is 28.0. The van der Waals surface area contributed by atoms with E-state index in [-0.39, 0.29) is 24.7 Å². The van der Waals surface area contributed by atoms with E-state index >= 15 is 0 Å². The largest absolute Gasteiger partial charge is 0.508 e. The lowest BCUT2D eigenvalue weighted by atomic mass is 10.1. The number of aromatic hydroxyl groups is 1. The average molecular weight is 266 g/mol. The molecule has 0 bridgehead atoms. The Morgan fingerprint density at radius 3 is 2.32 bits per heavy atom. The van der Waals surface area contributed by atoms with Crippen molar-refractivity contribution in [3.05, 3.63) is 29.8 Å². The Morgan fingerprint density at radius 2 is 1.79 bits per heavy atom. The molecular weight excluding hydrogens is 248 g/mol. The summed E-state index contributed by atoms with van der Waals surface area (Å²) >= 11 is 0. The van der Waals surface area contributed by atoms with Crippen molar-refractivity contribution in [1.29, 1.82) is 0 Å². The second-order valence-corrected chi connectivity index (χ2v) is 4.85. The number of hydrogen-bond donors (Lipinski definition) is 4. The number of nitrogens with two attached hydrogens (primary N) is 1. The molecule has 0 saturated carbocycles. The number of aliphatic hydroxyl groups is 2. The molecule has 1 aliphatic rings. The van der Waals surface area contributed by atoms with Gasteiger partial charge in [-0.3, -0.25) is 4.79 Å². The van der Waals surface area contributed by atoms with Gasteiger partial charge in [-0.2, -0.15) is 0 Å². The molecule has 0 aliphatic carbocycles. The highest BCUT2D eigenvalue weighted by molar-refractivity contribution is 5.82. The molecule has 1 amide bonds. The summed E-state index contributed by atoms with van der Waals surface area (Å²) in [5.41, 5.74) is 6.69. The highest BCUT2D eigenvalue weighted by Crippen LogP contribution is 2.14. The van der Waals surface area contributed by atoms with Crippen molar-refractivity contribution in [3.63, 3.8) is 0 Å². The van der Waals surface area contributed by atoms with Crippen molar-refractivity contribution >= 4 is 5.91 Å². The van der Waals surface area contributed by atoms with Crippen molar-refractivity contribution in [2.45, 2.75) is 24.7 Å². The molecule has 1 heterocycles. The maximum absolute atomic E-state index is 12.0. The number of β-amino-alcohol motifs (C(OH)–C–C–N with tert-alkyl or cyclic N) is 2. The lowest BCUT2D eigenvalue weighted by Gasteiger charge is -2.20. The van der Waals surface area contributed by atoms with Gasteiger partial charge < -0.3 is 26.0 Å². The number of hydrogen-bond acceptors (Lipinski definition) is 5. The predicted molar refractivity (Wildman–Crippen MR) is 68.4 cm³/mol. The number of nitrogens with zero attached hydrogens (tertiary/aromatic N) is 1. The predicted octanol–water partition coefficient (Wildman–Crippen LogP) is -1.17. The summed E-state index contributed by atoms with van der Waals surface area (Å²) in [6.07, 6.45) is -1.45. The van der Waals surface area contributed by atoms with Gasteiger partial charge in [0.25, 0.3) is 0 Å². The number of rotatable bonds is 3. The molecule has 1 aliphatic heterocycles. The zero-order chi connectivity index (χ0) is 14.0. The van der Waals surface area contributed by atoms with Gasteiger partial charge >= 0.3 is 0 Å². The van der Waals surface area contributed by atoms with E-state index in [9.17, 15) is 15.0 Å². The molecule has 1 fully saturated rings. The van der Waals surface area contributed by atoms with Crippen LogP contribution in [0.2, 0.25) is 0 Å². The van der Waals surface area contributed by atoms with Crippen LogP contribution in [-0.2, 0) is 11.2 Å². The van der Waals surface area contributed by atoms with Gasteiger partial charge in [0.05, 0.1) is 18.2 Å². The molecule has 1 unspecified atom stereocenters. The fourth-order valence-corrected chi connectivity index (χ4v) is 2.16. The van der Waals surface area contributed by atoms with Crippen LogP contribution in [-0.4, -0.2) is 57.5 Å². The first kappa shape index (κ1) is 13.8. The Kier molecular flexibility index (Phi) is 4.04. The number of carbonyl (C=O) groups is 1. The fraction of sp³-hybridized carbons (Fsp3) is 0.462. The number of phenols is 1. The van der Waals surface area contributed by atoms with Crippen molar-refractivity contribution in [3.8, 4) is 5.75 Å². The lowest BCUT2D eigenvalue weighted by molar-refractivity contribution is -0.132. The van der Waals surface area contributed by atoms with Gasteiger partial charge in [0, 0.05) is 13.1 Å². The summed E-state index contributed by atoms with van der Waals surface area (Å²) in [4.78, 5) is 13.4. The zero-order valence-corrected chi connectivity index (χ0v) is 10.4. The van der Waals surface area contributed by atoms with Crippen molar-refractivity contribution < 1.29 is 20.1 Å². The third-order valence-electron chi connectivity index (χ3n) is 3.28. The van der Waals surface area contributed by atoms with Gasteiger partial charge in [-0.25, -0.2) is 0 Å². The van der Waals surface area contributed by atoms with Gasteiger partial charge in [0.1, 0.15) is 5.75 Å². The first-order valence-electron chi connectivity index (χ1n) is 6.16.